The number of piperidine rings is 1. The molecule has 49 heavy (non-hydrogen) atoms. The largest absolute Gasteiger partial charge is 0.416 e. The molecule has 8 nitrogen and oxygen atoms in total. The monoisotopic (exact) mass is 670 g/mol. The van der Waals surface area contributed by atoms with Crippen molar-refractivity contribution in [3.63, 3.8) is 0 Å². The standard InChI is InChI=1S/C38H41F3N6O2/c39-38(40,41)32-10-8-31(9-11-32)37(49)44-33-12-15-35(43-26-33)42-25-29-6-13-34(14-7-29)46-18-16-28(17-19-46)24-36(48)47-22-20-45(21-23-47)27-30-4-2-1-3-5-30/h1-15,26,28H,16-25,27H2,(H,42,43)(H,44,49). The fourth-order valence-corrected chi connectivity index (χ4v) is 6.37. The number of nitrogens with one attached hydrogen (secondary N) is 2. The van der Waals surface area contributed by atoms with Crippen molar-refractivity contribution < 1.29 is 22.8 Å². The molecule has 2 aliphatic rings. The first-order valence-electron chi connectivity index (χ1n) is 16.8. The normalized spacial score (nSPS) is 16.0. The van der Waals surface area contributed by atoms with Crippen LogP contribution in [-0.2, 0) is 24.1 Å². The lowest BCUT2D eigenvalue weighted by Crippen LogP contribution is -2.48. The highest BCUT2D eigenvalue weighted by atomic mass is 19.4. The number of halogens is 3. The summed E-state index contributed by atoms with van der Waals surface area (Å²) in [5.74, 6) is 0.827. The van der Waals surface area contributed by atoms with E-state index in [2.05, 4.69) is 78.8 Å². The summed E-state index contributed by atoms with van der Waals surface area (Å²) in [5.41, 5.74) is 3.34. The van der Waals surface area contributed by atoms with Gasteiger partial charge in [0.2, 0.25) is 5.91 Å². The van der Waals surface area contributed by atoms with Gasteiger partial charge in [0.15, 0.2) is 0 Å². The fraction of sp³-hybridized carbons (Fsp3) is 0.342. The van der Waals surface area contributed by atoms with Crippen molar-refractivity contribution in [2.75, 3.05) is 54.8 Å². The number of carbonyl (C=O) groups is 2. The van der Waals surface area contributed by atoms with Gasteiger partial charge in [-0.15, -0.1) is 0 Å². The van der Waals surface area contributed by atoms with Crippen LogP contribution >= 0.6 is 0 Å². The summed E-state index contributed by atoms with van der Waals surface area (Å²) in [6.07, 6.45) is -0.300. The number of alkyl halides is 3. The third-order valence-corrected chi connectivity index (χ3v) is 9.32. The van der Waals surface area contributed by atoms with E-state index in [1.165, 1.54) is 17.4 Å². The van der Waals surface area contributed by atoms with E-state index in [-0.39, 0.29) is 5.56 Å². The molecule has 3 aromatic carbocycles. The van der Waals surface area contributed by atoms with Crippen LogP contribution in [0.5, 0.6) is 0 Å². The predicted octanol–water partition coefficient (Wildman–Crippen LogP) is 6.92. The van der Waals surface area contributed by atoms with Crippen molar-refractivity contribution in [3.05, 3.63) is 119 Å². The Labute approximate surface area is 284 Å². The number of nitrogens with zero attached hydrogens (tertiary/aromatic N) is 4. The first-order chi connectivity index (χ1) is 23.7. The molecule has 0 aliphatic carbocycles. The summed E-state index contributed by atoms with van der Waals surface area (Å²) in [7, 11) is 0. The van der Waals surface area contributed by atoms with Crippen molar-refractivity contribution in [2.24, 2.45) is 5.92 Å². The molecule has 0 unspecified atom stereocenters. The Morgan fingerprint density at radius 3 is 2.10 bits per heavy atom. The van der Waals surface area contributed by atoms with Gasteiger partial charge < -0.3 is 20.4 Å². The number of piperazine rings is 1. The van der Waals surface area contributed by atoms with Crippen molar-refractivity contribution in [1.29, 1.82) is 0 Å². The fourth-order valence-electron chi connectivity index (χ4n) is 6.37. The van der Waals surface area contributed by atoms with Crippen molar-refractivity contribution in [1.82, 2.24) is 14.8 Å². The molecule has 11 heteroatoms. The Morgan fingerprint density at radius 2 is 1.47 bits per heavy atom. The van der Waals surface area contributed by atoms with E-state index < -0.39 is 17.6 Å². The Kier molecular flexibility index (Phi) is 10.8. The number of rotatable bonds is 10. The molecule has 2 amide bonds. The maximum atomic E-state index is 13.1. The topological polar surface area (TPSA) is 80.8 Å². The van der Waals surface area contributed by atoms with Crippen molar-refractivity contribution in [2.45, 2.75) is 38.5 Å². The van der Waals surface area contributed by atoms with Gasteiger partial charge in [-0.05, 0) is 78.4 Å². The summed E-state index contributed by atoms with van der Waals surface area (Å²) in [4.78, 5) is 36.7. The zero-order valence-corrected chi connectivity index (χ0v) is 27.3. The molecule has 0 bridgehead atoms. The molecule has 0 spiro atoms. The maximum absolute atomic E-state index is 13.1. The smallest absolute Gasteiger partial charge is 0.372 e. The van der Waals surface area contributed by atoms with E-state index in [1.807, 2.05) is 6.07 Å². The van der Waals surface area contributed by atoms with Crippen LogP contribution in [0, 0.1) is 5.92 Å². The number of aromatic nitrogens is 1. The second-order valence-electron chi connectivity index (χ2n) is 12.8. The van der Waals surface area contributed by atoms with Gasteiger partial charge >= 0.3 is 6.18 Å². The first kappa shape index (κ1) is 34.0. The minimum absolute atomic E-state index is 0.123. The highest BCUT2D eigenvalue weighted by molar-refractivity contribution is 6.04. The van der Waals surface area contributed by atoms with Gasteiger partial charge in [-0.2, -0.15) is 13.2 Å². The summed E-state index contributed by atoms with van der Waals surface area (Å²) >= 11 is 0. The van der Waals surface area contributed by atoms with E-state index in [4.69, 9.17) is 0 Å². The van der Waals surface area contributed by atoms with Crippen molar-refractivity contribution >= 4 is 29.0 Å². The van der Waals surface area contributed by atoms with Gasteiger partial charge in [0.05, 0.1) is 17.4 Å². The summed E-state index contributed by atoms with van der Waals surface area (Å²) in [5, 5.41) is 5.93. The summed E-state index contributed by atoms with van der Waals surface area (Å²) < 4.78 is 38.3. The van der Waals surface area contributed by atoms with E-state index >= 15 is 0 Å². The Balaban J connectivity index is 0.893. The lowest BCUT2D eigenvalue weighted by Gasteiger charge is -2.37. The quantitative estimate of drug-likeness (QED) is 0.191. The zero-order valence-electron chi connectivity index (χ0n) is 27.3. The molecule has 6 rings (SSSR count). The average molecular weight is 671 g/mol. The summed E-state index contributed by atoms with van der Waals surface area (Å²) in [6.45, 7) is 6.83. The van der Waals surface area contributed by atoms with Gasteiger partial charge in [0.25, 0.3) is 5.91 Å². The maximum Gasteiger partial charge on any atom is 0.416 e. The molecule has 0 atom stereocenters. The van der Waals surface area contributed by atoms with E-state index in [0.717, 1.165) is 88.5 Å². The third kappa shape index (κ3) is 9.38. The van der Waals surface area contributed by atoms with Gasteiger partial charge in [-0.3, -0.25) is 14.5 Å². The second-order valence-corrected chi connectivity index (χ2v) is 12.8. The van der Waals surface area contributed by atoms with Crippen LogP contribution in [-0.4, -0.2) is 65.9 Å². The Morgan fingerprint density at radius 1 is 0.776 bits per heavy atom. The molecule has 2 fully saturated rings. The van der Waals surface area contributed by atoms with Gasteiger partial charge in [-0.25, -0.2) is 4.98 Å². The van der Waals surface area contributed by atoms with Crippen LogP contribution in [0.3, 0.4) is 0 Å². The van der Waals surface area contributed by atoms with E-state index in [9.17, 15) is 22.8 Å². The Bertz CT molecular complexity index is 1670. The average Bonchev–Trinajstić information content (AvgIpc) is 3.12. The Hall–Kier alpha value is -4.90. The molecule has 0 saturated carbocycles. The van der Waals surface area contributed by atoms with Gasteiger partial charge in [0, 0.05) is 70.0 Å². The molecule has 2 saturated heterocycles. The van der Waals surface area contributed by atoms with Gasteiger partial charge in [0.1, 0.15) is 5.82 Å². The SMILES string of the molecule is O=C(Nc1ccc(NCc2ccc(N3CCC(CC(=O)N4CCN(Cc5ccccc5)CC4)CC3)cc2)nc1)c1ccc(C(F)(F)F)cc1. The zero-order chi connectivity index (χ0) is 34.2. The number of benzene rings is 3. The lowest BCUT2D eigenvalue weighted by molar-refractivity contribution is -0.137. The lowest BCUT2D eigenvalue weighted by atomic mass is 9.92. The molecular weight excluding hydrogens is 629 g/mol. The number of hydrogen-bond acceptors (Lipinski definition) is 6. The highest BCUT2D eigenvalue weighted by Gasteiger charge is 2.30. The minimum atomic E-state index is -4.45. The molecular formula is C38H41F3N6O2. The van der Waals surface area contributed by atoms with E-state index in [0.29, 0.717) is 36.3 Å². The number of hydrogen-bond donors (Lipinski definition) is 2. The third-order valence-electron chi connectivity index (χ3n) is 9.32. The molecule has 2 N–H and O–H groups in total. The molecule has 1 aromatic heterocycles. The number of anilines is 3. The highest BCUT2D eigenvalue weighted by Crippen LogP contribution is 2.29. The number of carbonyl (C=O) groups excluding carboxylic acids is 2. The van der Waals surface area contributed by atoms with Crippen molar-refractivity contribution in [3.8, 4) is 0 Å². The van der Waals surface area contributed by atoms with Crippen LogP contribution < -0.4 is 15.5 Å². The number of amides is 2. The van der Waals surface area contributed by atoms with Crippen LogP contribution in [0.1, 0.15) is 46.3 Å². The summed E-state index contributed by atoms with van der Waals surface area (Å²) in [6, 6.07) is 26.4. The predicted molar refractivity (Wildman–Crippen MR) is 185 cm³/mol. The first-order valence-corrected chi connectivity index (χ1v) is 16.8. The van der Waals surface area contributed by atoms with E-state index in [1.54, 1.807) is 12.1 Å². The second kappa shape index (κ2) is 15.5. The van der Waals surface area contributed by atoms with Crippen LogP contribution in [0.2, 0.25) is 0 Å². The minimum Gasteiger partial charge on any atom is -0.372 e. The molecule has 256 valence electrons. The molecule has 2 aliphatic heterocycles. The van der Waals surface area contributed by atoms with Crippen LogP contribution in [0.15, 0.2) is 97.2 Å². The molecule has 0 radical (unpaired) electrons. The molecule has 3 heterocycles. The number of pyridine rings is 1. The van der Waals surface area contributed by atoms with Crippen LogP contribution in [0.25, 0.3) is 0 Å². The van der Waals surface area contributed by atoms with Crippen LogP contribution in [0.4, 0.5) is 30.4 Å². The molecule has 4 aromatic rings. The van der Waals surface area contributed by atoms with Gasteiger partial charge in [-0.1, -0.05) is 42.5 Å².